The van der Waals surface area contributed by atoms with Gasteiger partial charge < -0.3 is 20.6 Å². The second-order valence-electron chi connectivity index (χ2n) is 5.76. The lowest BCUT2D eigenvalue weighted by atomic mass is 10.2. The number of hydrogen-bond donors (Lipinski definition) is 3. The maximum absolute atomic E-state index is 12.1. The number of phenolic OH excluding ortho intramolecular Hbond substituents is 1. The molecule has 0 saturated heterocycles. The van der Waals surface area contributed by atoms with Crippen molar-refractivity contribution >= 4 is 47.2 Å². The van der Waals surface area contributed by atoms with Crippen LogP contribution in [0.4, 0.5) is 0 Å². The zero-order valence-electron chi connectivity index (χ0n) is 15.6. The number of amides is 1. The number of para-hydroxylation sites is 1. The van der Waals surface area contributed by atoms with Crippen LogP contribution in [0.2, 0.25) is 0 Å². The third-order valence-electron chi connectivity index (χ3n) is 3.78. The van der Waals surface area contributed by atoms with E-state index in [1.165, 1.54) is 10.9 Å². The summed E-state index contributed by atoms with van der Waals surface area (Å²) in [5.41, 5.74) is 0.274. The number of nitrogens with one attached hydrogen (secondary N) is 2. The number of hydrogen-bond acceptors (Lipinski definition) is 4. The van der Waals surface area contributed by atoms with Crippen LogP contribution in [0.25, 0.3) is 0 Å². The standard InChI is InChI=1S/C19H26N4O2S.HI/c1-3-20-19(23(2)13-10-15-7-6-14-26-15)22-12-11-21-18(25)16-8-4-5-9-17(16)24;/h4-9,14,24H,3,10-13H2,1-2H3,(H,20,22)(H,21,25);1H. The number of benzene rings is 1. The molecule has 3 N–H and O–H groups in total. The quantitative estimate of drug-likeness (QED) is 0.225. The molecule has 0 aliphatic heterocycles. The first-order valence-electron chi connectivity index (χ1n) is 8.69. The Hall–Kier alpha value is -1.81. The number of aliphatic imine (C=N–C) groups is 1. The molecule has 0 saturated carbocycles. The summed E-state index contributed by atoms with van der Waals surface area (Å²) >= 11 is 1.76. The van der Waals surface area contributed by atoms with E-state index in [9.17, 15) is 9.90 Å². The number of carbonyl (C=O) groups is 1. The molecule has 1 aromatic heterocycles. The molecule has 8 heteroatoms. The molecular formula is C19H27IN4O2S. The lowest BCUT2D eigenvalue weighted by Crippen LogP contribution is -2.40. The van der Waals surface area contributed by atoms with Crippen molar-refractivity contribution in [2.75, 3.05) is 33.2 Å². The number of nitrogens with zero attached hydrogens (tertiary/aromatic N) is 2. The van der Waals surface area contributed by atoms with E-state index in [4.69, 9.17) is 0 Å². The maximum Gasteiger partial charge on any atom is 0.255 e. The monoisotopic (exact) mass is 502 g/mol. The van der Waals surface area contributed by atoms with Crippen LogP contribution < -0.4 is 10.6 Å². The molecule has 1 amide bonds. The molecule has 2 aromatic rings. The van der Waals surface area contributed by atoms with E-state index in [0.717, 1.165) is 25.5 Å². The molecule has 0 aliphatic carbocycles. The number of thiophene rings is 1. The van der Waals surface area contributed by atoms with Gasteiger partial charge in [0.2, 0.25) is 0 Å². The average molecular weight is 502 g/mol. The molecule has 1 aromatic carbocycles. The van der Waals surface area contributed by atoms with Crippen LogP contribution in [0.5, 0.6) is 5.75 Å². The normalized spacial score (nSPS) is 10.8. The minimum atomic E-state index is -0.297. The molecule has 0 atom stereocenters. The zero-order valence-corrected chi connectivity index (χ0v) is 18.8. The SMILES string of the molecule is CCNC(=NCCNC(=O)c1ccccc1O)N(C)CCc1cccs1.I. The van der Waals surface area contributed by atoms with Crippen LogP contribution in [-0.2, 0) is 6.42 Å². The summed E-state index contributed by atoms with van der Waals surface area (Å²) in [4.78, 5) is 20.1. The summed E-state index contributed by atoms with van der Waals surface area (Å²) in [5.74, 6) is 0.505. The smallest absolute Gasteiger partial charge is 0.255 e. The van der Waals surface area contributed by atoms with Crippen LogP contribution in [0.3, 0.4) is 0 Å². The number of aromatic hydroxyl groups is 1. The van der Waals surface area contributed by atoms with Crippen molar-refractivity contribution in [3.05, 3.63) is 52.2 Å². The lowest BCUT2D eigenvalue weighted by Gasteiger charge is -2.21. The van der Waals surface area contributed by atoms with Gasteiger partial charge in [-0.15, -0.1) is 35.3 Å². The Morgan fingerprint density at radius 2 is 2.00 bits per heavy atom. The zero-order chi connectivity index (χ0) is 18.8. The van der Waals surface area contributed by atoms with E-state index >= 15 is 0 Å². The highest BCUT2D eigenvalue weighted by molar-refractivity contribution is 14.0. The first-order valence-corrected chi connectivity index (χ1v) is 9.57. The van der Waals surface area contributed by atoms with Crippen molar-refractivity contribution in [2.45, 2.75) is 13.3 Å². The van der Waals surface area contributed by atoms with Crippen LogP contribution in [0.15, 0.2) is 46.8 Å². The van der Waals surface area contributed by atoms with E-state index in [0.29, 0.717) is 13.1 Å². The molecule has 0 fully saturated rings. The summed E-state index contributed by atoms with van der Waals surface area (Å²) in [5, 5.41) is 17.8. The molecule has 0 radical (unpaired) electrons. The first kappa shape index (κ1) is 23.2. The highest BCUT2D eigenvalue weighted by atomic mass is 127. The van der Waals surface area contributed by atoms with Crippen LogP contribution in [0.1, 0.15) is 22.2 Å². The van der Waals surface area contributed by atoms with Gasteiger partial charge in [0.1, 0.15) is 5.75 Å². The summed E-state index contributed by atoms with van der Waals surface area (Å²) in [7, 11) is 2.01. The van der Waals surface area contributed by atoms with Gasteiger partial charge in [0, 0.05) is 31.6 Å². The molecule has 0 aliphatic rings. The van der Waals surface area contributed by atoms with Gasteiger partial charge in [-0.25, -0.2) is 0 Å². The van der Waals surface area contributed by atoms with E-state index in [-0.39, 0.29) is 41.2 Å². The Balaban J connectivity index is 0.00000364. The fraction of sp³-hybridized carbons (Fsp3) is 0.368. The summed E-state index contributed by atoms with van der Waals surface area (Å²) in [6.45, 7) is 4.55. The van der Waals surface area contributed by atoms with Gasteiger partial charge in [0.05, 0.1) is 12.1 Å². The van der Waals surface area contributed by atoms with Crippen LogP contribution >= 0.6 is 35.3 Å². The molecule has 148 valence electrons. The van der Waals surface area contributed by atoms with Gasteiger partial charge in [0.25, 0.3) is 5.91 Å². The van der Waals surface area contributed by atoms with Gasteiger partial charge in [0.15, 0.2) is 5.96 Å². The van der Waals surface area contributed by atoms with Crippen LogP contribution in [0, 0.1) is 0 Å². The third-order valence-corrected chi connectivity index (χ3v) is 4.71. The Morgan fingerprint density at radius 3 is 2.67 bits per heavy atom. The number of carbonyl (C=O) groups excluding carboxylic acids is 1. The summed E-state index contributed by atoms with van der Waals surface area (Å²) in [6, 6.07) is 10.7. The molecule has 0 bridgehead atoms. The average Bonchev–Trinajstić information content (AvgIpc) is 3.16. The van der Waals surface area contributed by atoms with Crippen LogP contribution in [-0.4, -0.2) is 55.1 Å². The Bertz CT molecular complexity index is 722. The molecular weight excluding hydrogens is 475 g/mol. The predicted molar refractivity (Wildman–Crippen MR) is 122 cm³/mol. The molecule has 6 nitrogen and oxygen atoms in total. The van der Waals surface area contributed by atoms with E-state index in [1.54, 1.807) is 29.5 Å². The number of rotatable bonds is 8. The highest BCUT2D eigenvalue weighted by Crippen LogP contribution is 2.14. The number of phenols is 1. The summed E-state index contributed by atoms with van der Waals surface area (Å²) < 4.78 is 0. The highest BCUT2D eigenvalue weighted by Gasteiger charge is 2.09. The second kappa shape index (κ2) is 12.6. The van der Waals surface area contributed by atoms with E-state index in [2.05, 4.69) is 38.0 Å². The van der Waals surface area contributed by atoms with Crippen molar-refractivity contribution in [1.29, 1.82) is 0 Å². The third kappa shape index (κ3) is 7.76. The Labute approximate surface area is 181 Å². The molecule has 27 heavy (non-hydrogen) atoms. The topological polar surface area (TPSA) is 77.0 Å². The summed E-state index contributed by atoms with van der Waals surface area (Å²) in [6.07, 6.45) is 0.975. The molecule has 0 unspecified atom stereocenters. The van der Waals surface area contributed by atoms with Crippen molar-refractivity contribution in [3.63, 3.8) is 0 Å². The second-order valence-corrected chi connectivity index (χ2v) is 6.79. The number of guanidine groups is 1. The predicted octanol–water partition coefficient (Wildman–Crippen LogP) is 2.94. The number of halogens is 1. The number of likely N-dealkylation sites (N-methyl/N-ethyl adjacent to an activating group) is 1. The van der Waals surface area contributed by atoms with Gasteiger partial charge >= 0.3 is 0 Å². The van der Waals surface area contributed by atoms with Gasteiger partial charge in [-0.1, -0.05) is 18.2 Å². The minimum absolute atomic E-state index is 0. The van der Waals surface area contributed by atoms with Gasteiger partial charge in [-0.3, -0.25) is 9.79 Å². The van der Waals surface area contributed by atoms with Crippen molar-refractivity contribution in [1.82, 2.24) is 15.5 Å². The lowest BCUT2D eigenvalue weighted by molar-refractivity contribution is 0.0952. The first-order chi connectivity index (χ1) is 12.6. The largest absolute Gasteiger partial charge is 0.507 e. The van der Waals surface area contributed by atoms with Crippen molar-refractivity contribution < 1.29 is 9.90 Å². The molecule has 0 spiro atoms. The molecule has 1 heterocycles. The molecule has 2 rings (SSSR count). The van der Waals surface area contributed by atoms with Gasteiger partial charge in [-0.05, 0) is 36.9 Å². The Kier molecular flexibility index (Phi) is 10.8. The van der Waals surface area contributed by atoms with E-state index < -0.39 is 0 Å². The van der Waals surface area contributed by atoms with Crippen molar-refractivity contribution in [2.24, 2.45) is 4.99 Å². The minimum Gasteiger partial charge on any atom is -0.507 e. The van der Waals surface area contributed by atoms with Crippen molar-refractivity contribution in [3.8, 4) is 5.75 Å². The fourth-order valence-electron chi connectivity index (χ4n) is 2.40. The van der Waals surface area contributed by atoms with E-state index in [1.807, 2.05) is 14.0 Å². The van der Waals surface area contributed by atoms with Gasteiger partial charge in [-0.2, -0.15) is 0 Å². The Morgan fingerprint density at radius 1 is 1.22 bits per heavy atom. The maximum atomic E-state index is 12.1. The fourth-order valence-corrected chi connectivity index (χ4v) is 3.10.